The molecule has 3 heterocycles. The van der Waals surface area contributed by atoms with Crippen molar-refractivity contribution in [2.75, 3.05) is 11.4 Å². The molecule has 0 aliphatic carbocycles. The predicted molar refractivity (Wildman–Crippen MR) is 97.3 cm³/mol. The van der Waals surface area contributed by atoms with Crippen molar-refractivity contribution in [3.63, 3.8) is 0 Å². The Morgan fingerprint density at radius 1 is 1.42 bits per heavy atom. The molecule has 1 aliphatic rings. The van der Waals surface area contributed by atoms with Crippen LogP contribution in [0.2, 0.25) is 0 Å². The summed E-state index contributed by atoms with van der Waals surface area (Å²) in [6.45, 7) is 8.01. The Kier molecular flexibility index (Phi) is 4.26. The molecule has 0 saturated carbocycles. The summed E-state index contributed by atoms with van der Waals surface area (Å²) >= 11 is 0. The van der Waals surface area contributed by atoms with Crippen LogP contribution < -0.4 is 16.1 Å². The molecule has 1 fully saturated rings. The van der Waals surface area contributed by atoms with Gasteiger partial charge in [0, 0.05) is 30.4 Å². The van der Waals surface area contributed by atoms with E-state index in [0.717, 1.165) is 12.5 Å². The molecule has 2 aromatic heterocycles. The number of nitrogens with two attached hydrogens (primary N) is 1. The Bertz CT molecular complexity index is 948. The number of aromatic carboxylic acids is 1. The van der Waals surface area contributed by atoms with E-state index in [1.165, 1.54) is 6.20 Å². The molecule has 8 heteroatoms. The number of carbonyl (C=O) groups is 1. The van der Waals surface area contributed by atoms with Crippen LogP contribution in [-0.2, 0) is 5.54 Å². The van der Waals surface area contributed by atoms with E-state index in [1.54, 1.807) is 9.47 Å². The molecule has 0 bridgehead atoms. The Labute approximate surface area is 150 Å². The molecule has 3 rings (SSSR count). The van der Waals surface area contributed by atoms with E-state index in [-0.39, 0.29) is 28.9 Å². The molecule has 3 N–H and O–H groups in total. The minimum atomic E-state index is -1.35. The number of nitrogens with zero attached hydrogens (tertiary/aromatic N) is 3. The number of pyridine rings is 2. The predicted octanol–water partition coefficient (Wildman–Crippen LogP) is 1.91. The fourth-order valence-electron chi connectivity index (χ4n) is 3.45. The summed E-state index contributed by atoms with van der Waals surface area (Å²) in [7, 11) is 0. The number of anilines is 1. The molecule has 2 atom stereocenters. The first-order valence-electron chi connectivity index (χ1n) is 8.52. The van der Waals surface area contributed by atoms with Crippen LogP contribution in [0.15, 0.2) is 17.1 Å². The molecule has 1 saturated heterocycles. The molecule has 0 aromatic carbocycles. The summed E-state index contributed by atoms with van der Waals surface area (Å²) in [5.41, 5.74) is 4.55. The van der Waals surface area contributed by atoms with Gasteiger partial charge in [-0.15, -0.1) is 0 Å². The number of hydrogen-bond acceptors (Lipinski definition) is 5. The average molecular weight is 362 g/mol. The van der Waals surface area contributed by atoms with Gasteiger partial charge in [0.05, 0.1) is 5.39 Å². The zero-order chi connectivity index (χ0) is 19.4. The fraction of sp³-hybridized carbons (Fsp3) is 0.500. The summed E-state index contributed by atoms with van der Waals surface area (Å²) in [4.78, 5) is 30.2. The van der Waals surface area contributed by atoms with Crippen LogP contribution in [0.4, 0.5) is 10.2 Å². The maximum Gasteiger partial charge on any atom is 0.341 e. The first-order chi connectivity index (χ1) is 12.0. The van der Waals surface area contributed by atoms with E-state index in [4.69, 9.17) is 5.73 Å². The SMILES string of the molecule is C[C@H]1C[C@H](N)CN1c1nc2c(cc1F)c(=O)c(C(=O)O)cn2C(C)(C)C. The zero-order valence-corrected chi connectivity index (χ0v) is 15.3. The van der Waals surface area contributed by atoms with Gasteiger partial charge in [-0.2, -0.15) is 0 Å². The van der Waals surface area contributed by atoms with Crippen LogP contribution in [0, 0.1) is 5.82 Å². The van der Waals surface area contributed by atoms with Crippen molar-refractivity contribution in [2.45, 2.75) is 51.7 Å². The van der Waals surface area contributed by atoms with Crippen LogP contribution in [-0.4, -0.2) is 39.3 Å². The highest BCUT2D eigenvalue weighted by molar-refractivity contribution is 5.92. The third kappa shape index (κ3) is 2.94. The summed E-state index contributed by atoms with van der Waals surface area (Å²) in [5, 5.41) is 9.28. The molecule has 2 aromatic rings. The van der Waals surface area contributed by atoms with E-state index >= 15 is 0 Å². The van der Waals surface area contributed by atoms with Gasteiger partial charge >= 0.3 is 5.97 Å². The summed E-state index contributed by atoms with van der Waals surface area (Å²) in [6.07, 6.45) is 2.00. The van der Waals surface area contributed by atoms with Gasteiger partial charge in [-0.25, -0.2) is 14.2 Å². The first kappa shape index (κ1) is 18.3. The topological polar surface area (TPSA) is 101 Å². The molecule has 0 spiro atoms. The molecular formula is C18H23FN4O3. The molecule has 0 radical (unpaired) electrons. The van der Waals surface area contributed by atoms with Crippen molar-refractivity contribution in [2.24, 2.45) is 5.73 Å². The van der Waals surface area contributed by atoms with Gasteiger partial charge in [0.1, 0.15) is 11.2 Å². The summed E-state index contributed by atoms with van der Waals surface area (Å²) < 4.78 is 16.4. The molecule has 140 valence electrons. The Morgan fingerprint density at radius 3 is 2.58 bits per heavy atom. The minimum Gasteiger partial charge on any atom is -0.477 e. The van der Waals surface area contributed by atoms with Crippen molar-refractivity contribution in [3.05, 3.63) is 33.9 Å². The quantitative estimate of drug-likeness (QED) is 0.846. The molecular weight excluding hydrogens is 339 g/mol. The smallest absolute Gasteiger partial charge is 0.341 e. The number of fused-ring (bicyclic) bond motifs is 1. The van der Waals surface area contributed by atoms with Crippen LogP contribution in [0.25, 0.3) is 11.0 Å². The van der Waals surface area contributed by atoms with Crippen molar-refractivity contribution in [3.8, 4) is 0 Å². The molecule has 0 amide bonds. The standard InChI is InChI=1S/C18H23FN4O3/c1-9-5-10(20)7-22(9)16-13(19)6-11-14(24)12(17(25)26)8-23(15(11)21-16)18(2,3)4/h6,8-10H,5,7,20H2,1-4H3,(H,25,26)/t9-,10-/m0/s1. The lowest BCUT2D eigenvalue weighted by Crippen LogP contribution is -2.32. The van der Waals surface area contributed by atoms with Gasteiger partial charge in [0.25, 0.3) is 0 Å². The lowest BCUT2D eigenvalue weighted by atomic mass is 10.1. The van der Waals surface area contributed by atoms with E-state index in [0.29, 0.717) is 6.54 Å². The fourth-order valence-corrected chi connectivity index (χ4v) is 3.45. The van der Waals surface area contributed by atoms with Crippen molar-refractivity contribution in [1.82, 2.24) is 9.55 Å². The molecule has 1 aliphatic heterocycles. The van der Waals surface area contributed by atoms with Crippen molar-refractivity contribution >= 4 is 22.8 Å². The van der Waals surface area contributed by atoms with Crippen LogP contribution in [0.1, 0.15) is 44.5 Å². The maximum absolute atomic E-state index is 14.8. The lowest BCUT2D eigenvalue weighted by Gasteiger charge is -2.27. The van der Waals surface area contributed by atoms with Crippen LogP contribution in [0.3, 0.4) is 0 Å². The average Bonchev–Trinajstić information content (AvgIpc) is 2.84. The second-order valence-corrected chi connectivity index (χ2v) is 7.88. The van der Waals surface area contributed by atoms with E-state index < -0.39 is 28.3 Å². The third-order valence-corrected chi connectivity index (χ3v) is 4.75. The number of carboxylic acid groups (broad SMARTS) is 1. The molecule has 7 nitrogen and oxygen atoms in total. The first-order valence-corrected chi connectivity index (χ1v) is 8.52. The highest BCUT2D eigenvalue weighted by Gasteiger charge is 2.31. The zero-order valence-electron chi connectivity index (χ0n) is 15.3. The molecule has 26 heavy (non-hydrogen) atoms. The van der Waals surface area contributed by atoms with Crippen LogP contribution >= 0.6 is 0 Å². The summed E-state index contributed by atoms with van der Waals surface area (Å²) in [5.74, 6) is -1.87. The van der Waals surface area contributed by atoms with E-state index in [9.17, 15) is 19.1 Å². The second-order valence-electron chi connectivity index (χ2n) is 7.88. The van der Waals surface area contributed by atoms with E-state index in [1.807, 2.05) is 27.7 Å². The second kappa shape index (κ2) is 6.05. The van der Waals surface area contributed by atoms with Gasteiger partial charge in [-0.05, 0) is 40.2 Å². The van der Waals surface area contributed by atoms with Crippen molar-refractivity contribution in [1.29, 1.82) is 0 Å². The highest BCUT2D eigenvalue weighted by Crippen LogP contribution is 2.29. The summed E-state index contributed by atoms with van der Waals surface area (Å²) in [6, 6.07) is 1.05. The Morgan fingerprint density at radius 2 is 2.08 bits per heavy atom. The normalized spacial score (nSPS) is 20.8. The van der Waals surface area contributed by atoms with Gasteiger partial charge in [-0.1, -0.05) is 0 Å². The number of rotatable bonds is 2. The number of halogens is 1. The van der Waals surface area contributed by atoms with Gasteiger partial charge < -0.3 is 20.3 Å². The van der Waals surface area contributed by atoms with Crippen molar-refractivity contribution < 1.29 is 14.3 Å². The monoisotopic (exact) mass is 362 g/mol. The van der Waals surface area contributed by atoms with Crippen LogP contribution in [0.5, 0.6) is 0 Å². The van der Waals surface area contributed by atoms with Gasteiger partial charge in [-0.3, -0.25) is 4.79 Å². The minimum absolute atomic E-state index is 0.0255. The van der Waals surface area contributed by atoms with Gasteiger partial charge in [0.2, 0.25) is 5.43 Å². The third-order valence-electron chi connectivity index (χ3n) is 4.75. The number of hydrogen-bond donors (Lipinski definition) is 2. The van der Waals surface area contributed by atoms with E-state index in [2.05, 4.69) is 4.98 Å². The van der Waals surface area contributed by atoms with Gasteiger partial charge in [0.15, 0.2) is 11.6 Å². The molecule has 0 unspecified atom stereocenters. The number of aromatic nitrogens is 2. The maximum atomic E-state index is 14.8. The lowest BCUT2D eigenvalue weighted by molar-refractivity contribution is 0.0694. The largest absolute Gasteiger partial charge is 0.477 e. The number of carboxylic acids is 1. The Hall–Kier alpha value is -2.48. The Balaban J connectivity index is 2.34. The highest BCUT2D eigenvalue weighted by atomic mass is 19.1.